The molecule has 2 unspecified atom stereocenters. The van der Waals surface area contributed by atoms with Crippen LogP contribution in [0, 0.1) is 5.41 Å². The van der Waals surface area contributed by atoms with Crippen molar-refractivity contribution >= 4 is 40.9 Å². The van der Waals surface area contributed by atoms with Gasteiger partial charge in [-0.15, -0.1) is 11.8 Å². The van der Waals surface area contributed by atoms with Gasteiger partial charge in [0, 0.05) is 28.9 Å². The second-order valence-corrected chi connectivity index (χ2v) is 10.6. The molecule has 0 saturated heterocycles. The molecule has 2 aromatic carbocycles. The summed E-state index contributed by atoms with van der Waals surface area (Å²) in [5.74, 6) is 0.00324. The predicted molar refractivity (Wildman–Crippen MR) is 128 cm³/mol. The maximum atomic E-state index is 13.6. The van der Waals surface area contributed by atoms with E-state index in [0.29, 0.717) is 23.1 Å². The molecule has 1 heterocycles. The number of carbonyl (C=O) groups excluding carboxylic acids is 1. The highest BCUT2D eigenvalue weighted by Crippen LogP contribution is 2.50. The summed E-state index contributed by atoms with van der Waals surface area (Å²) in [4.78, 5) is 27.0. The molecule has 0 spiro atoms. The quantitative estimate of drug-likeness (QED) is 0.599. The summed E-state index contributed by atoms with van der Waals surface area (Å²) in [7, 11) is 3.15. The molecule has 1 N–H and O–H groups in total. The van der Waals surface area contributed by atoms with Crippen LogP contribution >= 0.6 is 23.4 Å². The Hall–Kier alpha value is -2.38. The van der Waals surface area contributed by atoms with E-state index in [1.54, 1.807) is 31.3 Å². The van der Waals surface area contributed by atoms with Crippen LogP contribution in [-0.4, -0.2) is 43.0 Å². The number of hydrogen-bond acceptors (Lipinski definition) is 5. The van der Waals surface area contributed by atoms with Crippen molar-refractivity contribution in [3.8, 4) is 11.5 Å². The maximum absolute atomic E-state index is 13.6. The fraction of sp³-hybridized carbons (Fsp3) is 0.417. The number of aliphatic carboxylic acids is 1. The van der Waals surface area contributed by atoms with Crippen LogP contribution in [0.3, 0.4) is 0 Å². The van der Waals surface area contributed by atoms with Crippen LogP contribution in [0.1, 0.15) is 43.6 Å². The van der Waals surface area contributed by atoms with Crippen molar-refractivity contribution in [1.29, 1.82) is 0 Å². The van der Waals surface area contributed by atoms with Crippen LogP contribution in [0.15, 0.2) is 36.4 Å². The van der Waals surface area contributed by atoms with Crippen molar-refractivity contribution in [2.24, 2.45) is 5.41 Å². The average Bonchev–Trinajstić information content (AvgIpc) is 2.82. The van der Waals surface area contributed by atoms with E-state index in [1.807, 2.05) is 45.0 Å². The van der Waals surface area contributed by atoms with Crippen molar-refractivity contribution in [2.45, 2.75) is 37.7 Å². The van der Waals surface area contributed by atoms with Crippen LogP contribution in [0.2, 0.25) is 5.02 Å². The van der Waals surface area contributed by atoms with Gasteiger partial charge >= 0.3 is 5.97 Å². The summed E-state index contributed by atoms with van der Waals surface area (Å²) in [6.07, 6.45) is -0.277. The molecule has 0 aliphatic carbocycles. The summed E-state index contributed by atoms with van der Waals surface area (Å²) in [5, 5.41) is 8.95. The first-order valence-corrected chi connectivity index (χ1v) is 11.6. The summed E-state index contributed by atoms with van der Waals surface area (Å²) < 4.78 is 11.0. The van der Waals surface area contributed by atoms with Gasteiger partial charge in [0.2, 0.25) is 5.91 Å². The Morgan fingerprint density at radius 3 is 2.44 bits per heavy atom. The number of fused-ring (bicyclic) bond motifs is 1. The van der Waals surface area contributed by atoms with Crippen molar-refractivity contribution in [3.05, 3.63) is 52.5 Å². The summed E-state index contributed by atoms with van der Waals surface area (Å²) in [6, 6.07) is 11.0. The topological polar surface area (TPSA) is 76.1 Å². The molecule has 3 rings (SSSR count). The van der Waals surface area contributed by atoms with Crippen molar-refractivity contribution < 1.29 is 24.2 Å². The predicted octanol–water partition coefficient (Wildman–Crippen LogP) is 5.42. The molecule has 0 aromatic heterocycles. The molecule has 2 atom stereocenters. The molecule has 1 aliphatic rings. The zero-order valence-corrected chi connectivity index (χ0v) is 20.4. The molecule has 172 valence electrons. The highest BCUT2D eigenvalue weighted by atomic mass is 35.5. The standard InChI is InChI=1S/C24H28ClNO5S/c1-24(2,3)13-26-18-9-6-14(25)10-17(18)22(32-20(23(26)29)12-21(27)28)16-8-7-15(30-4)11-19(16)31-5/h6-11,20,22H,12-13H2,1-5H3,(H,27,28). The third-order valence-corrected chi connectivity index (χ3v) is 6.83. The summed E-state index contributed by atoms with van der Waals surface area (Å²) in [5.41, 5.74) is 2.21. The number of methoxy groups -OCH3 is 2. The van der Waals surface area contributed by atoms with Crippen LogP contribution in [-0.2, 0) is 9.59 Å². The van der Waals surface area contributed by atoms with Gasteiger partial charge in [-0.3, -0.25) is 9.59 Å². The number of carboxylic acid groups (broad SMARTS) is 1. The Labute approximate surface area is 197 Å². The largest absolute Gasteiger partial charge is 0.497 e. The number of carbonyl (C=O) groups is 2. The van der Waals surface area contributed by atoms with Gasteiger partial charge < -0.3 is 19.5 Å². The lowest BCUT2D eigenvalue weighted by molar-refractivity contribution is -0.138. The molecule has 2 aromatic rings. The Balaban J connectivity index is 2.24. The Morgan fingerprint density at radius 2 is 1.84 bits per heavy atom. The fourth-order valence-corrected chi connectivity index (χ4v) is 5.45. The van der Waals surface area contributed by atoms with Gasteiger partial charge in [-0.2, -0.15) is 0 Å². The number of anilines is 1. The first kappa shape index (κ1) is 24.3. The molecule has 6 nitrogen and oxygen atoms in total. The van der Waals surface area contributed by atoms with Crippen molar-refractivity contribution in [1.82, 2.24) is 0 Å². The van der Waals surface area contributed by atoms with Crippen LogP contribution in [0.5, 0.6) is 11.5 Å². The minimum atomic E-state index is -1.02. The van der Waals surface area contributed by atoms with Crippen LogP contribution in [0.25, 0.3) is 0 Å². The van der Waals surface area contributed by atoms with Gasteiger partial charge in [0.05, 0.1) is 31.1 Å². The molecule has 0 bridgehead atoms. The highest BCUT2D eigenvalue weighted by Gasteiger charge is 2.39. The van der Waals surface area contributed by atoms with E-state index in [4.69, 9.17) is 21.1 Å². The maximum Gasteiger partial charge on any atom is 0.305 e. The van der Waals surface area contributed by atoms with Gasteiger partial charge in [0.25, 0.3) is 0 Å². The Bertz CT molecular complexity index is 1020. The van der Waals surface area contributed by atoms with Crippen molar-refractivity contribution in [2.75, 3.05) is 25.7 Å². The Morgan fingerprint density at radius 1 is 1.12 bits per heavy atom. The zero-order chi connectivity index (χ0) is 23.6. The molecule has 0 fully saturated rings. The van der Waals surface area contributed by atoms with Gasteiger partial charge in [-0.25, -0.2) is 0 Å². The lowest BCUT2D eigenvalue weighted by Crippen LogP contribution is -2.42. The van der Waals surface area contributed by atoms with Gasteiger partial charge in [0.1, 0.15) is 11.5 Å². The monoisotopic (exact) mass is 477 g/mol. The number of hydrogen-bond donors (Lipinski definition) is 1. The molecule has 0 radical (unpaired) electrons. The molecular formula is C24H28ClNO5S. The van der Waals surface area contributed by atoms with E-state index in [-0.39, 0.29) is 23.0 Å². The third kappa shape index (κ3) is 5.33. The van der Waals surface area contributed by atoms with Crippen LogP contribution < -0.4 is 14.4 Å². The first-order chi connectivity index (χ1) is 15.0. The SMILES string of the molecule is COc1ccc(C2SC(CC(=O)O)C(=O)N(CC(C)(C)C)c3ccc(Cl)cc32)c(OC)c1. The highest BCUT2D eigenvalue weighted by molar-refractivity contribution is 8.01. The summed E-state index contributed by atoms with van der Waals surface area (Å²) >= 11 is 7.70. The number of carboxylic acids is 1. The summed E-state index contributed by atoms with van der Waals surface area (Å²) in [6.45, 7) is 6.59. The molecule has 32 heavy (non-hydrogen) atoms. The van der Waals surface area contributed by atoms with E-state index in [0.717, 1.165) is 16.8 Å². The smallest absolute Gasteiger partial charge is 0.305 e. The fourth-order valence-electron chi connectivity index (χ4n) is 3.78. The molecule has 1 amide bonds. The first-order valence-electron chi connectivity index (χ1n) is 10.2. The van der Waals surface area contributed by atoms with Gasteiger partial charge in [-0.05, 0) is 35.2 Å². The third-order valence-electron chi connectivity index (χ3n) is 5.12. The minimum Gasteiger partial charge on any atom is -0.497 e. The van der Waals surface area contributed by atoms with Gasteiger partial charge in [0.15, 0.2) is 0 Å². The molecule has 8 heteroatoms. The number of benzene rings is 2. The normalized spacial score (nSPS) is 18.7. The van der Waals surface area contributed by atoms with E-state index in [1.165, 1.54) is 11.8 Å². The van der Waals surface area contributed by atoms with E-state index < -0.39 is 11.2 Å². The Kier molecular flexibility index (Phi) is 7.30. The van der Waals surface area contributed by atoms with Gasteiger partial charge in [-0.1, -0.05) is 38.4 Å². The zero-order valence-electron chi connectivity index (χ0n) is 18.8. The number of amides is 1. The van der Waals surface area contributed by atoms with E-state index in [9.17, 15) is 14.7 Å². The number of halogens is 1. The molecule has 0 saturated carbocycles. The van der Waals surface area contributed by atoms with E-state index in [2.05, 4.69) is 0 Å². The minimum absolute atomic E-state index is 0.192. The number of rotatable bonds is 6. The number of ether oxygens (including phenoxy) is 2. The van der Waals surface area contributed by atoms with E-state index >= 15 is 0 Å². The molecule has 1 aliphatic heterocycles. The second-order valence-electron chi connectivity index (χ2n) is 8.90. The van der Waals surface area contributed by atoms with Crippen molar-refractivity contribution in [3.63, 3.8) is 0 Å². The lowest BCUT2D eigenvalue weighted by Gasteiger charge is -2.31. The molecular weight excluding hydrogens is 450 g/mol. The number of nitrogens with zero attached hydrogens (tertiary/aromatic N) is 1. The van der Waals surface area contributed by atoms with Crippen LogP contribution in [0.4, 0.5) is 5.69 Å². The average molecular weight is 478 g/mol. The second kappa shape index (κ2) is 9.63. The number of thioether (sulfide) groups is 1. The lowest BCUT2D eigenvalue weighted by atomic mass is 9.94.